The zero-order chi connectivity index (χ0) is 17.2. The second-order valence-electron chi connectivity index (χ2n) is 7.06. The summed E-state index contributed by atoms with van der Waals surface area (Å²) >= 11 is 6.00. The van der Waals surface area contributed by atoms with Gasteiger partial charge in [-0.3, -0.25) is 4.90 Å². The Morgan fingerprint density at radius 1 is 1.29 bits per heavy atom. The van der Waals surface area contributed by atoms with Gasteiger partial charge in [0.05, 0.1) is 0 Å². The maximum absolute atomic E-state index is 12.8. The van der Waals surface area contributed by atoms with E-state index in [1.54, 1.807) is 0 Å². The highest BCUT2D eigenvalue weighted by Gasteiger charge is 2.40. The standard InChI is InChI=1S/C18H27ClN4O/c1-14-12-15(19)4-5-16(14)21-17(24)23-11-3-10-22(2)18(13-23)6-8-20-9-7-18/h4-5,12,20H,3,6-11,13H2,1-2H3,(H,21,24). The third kappa shape index (κ3) is 3.68. The predicted octanol–water partition coefficient (Wildman–Crippen LogP) is 2.94. The molecule has 0 saturated carbocycles. The largest absolute Gasteiger partial charge is 0.323 e. The molecule has 24 heavy (non-hydrogen) atoms. The topological polar surface area (TPSA) is 47.6 Å². The van der Waals surface area contributed by atoms with Crippen molar-refractivity contribution in [1.82, 2.24) is 15.1 Å². The number of aryl methyl sites for hydroxylation is 1. The number of halogens is 1. The van der Waals surface area contributed by atoms with Crippen LogP contribution in [0.5, 0.6) is 0 Å². The smallest absolute Gasteiger partial charge is 0.321 e. The molecule has 1 aromatic rings. The minimum absolute atomic E-state index is 0.00590. The van der Waals surface area contributed by atoms with Crippen molar-refractivity contribution in [3.63, 3.8) is 0 Å². The molecule has 0 atom stereocenters. The number of rotatable bonds is 1. The molecular weight excluding hydrogens is 324 g/mol. The fourth-order valence-corrected chi connectivity index (χ4v) is 4.08. The Bertz CT molecular complexity index is 601. The lowest BCUT2D eigenvalue weighted by Crippen LogP contribution is -2.58. The number of amides is 2. The number of hydrogen-bond acceptors (Lipinski definition) is 3. The first-order valence-electron chi connectivity index (χ1n) is 8.74. The van der Waals surface area contributed by atoms with Gasteiger partial charge in [-0.25, -0.2) is 4.79 Å². The van der Waals surface area contributed by atoms with Gasteiger partial charge < -0.3 is 15.5 Å². The number of likely N-dealkylation sites (N-methyl/N-ethyl adjacent to an activating group) is 1. The fraction of sp³-hybridized carbons (Fsp3) is 0.611. The highest BCUT2D eigenvalue weighted by Crippen LogP contribution is 2.29. The number of carbonyl (C=O) groups excluding carboxylic acids is 1. The van der Waals surface area contributed by atoms with Gasteiger partial charge >= 0.3 is 6.03 Å². The van der Waals surface area contributed by atoms with Crippen LogP contribution in [0.3, 0.4) is 0 Å². The molecule has 1 spiro atoms. The van der Waals surface area contributed by atoms with E-state index in [1.807, 2.05) is 30.0 Å². The lowest BCUT2D eigenvalue weighted by atomic mass is 9.86. The summed E-state index contributed by atoms with van der Waals surface area (Å²) in [6, 6.07) is 5.56. The molecule has 2 N–H and O–H groups in total. The molecule has 0 bridgehead atoms. The summed E-state index contributed by atoms with van der Waals surface area (Å²) in [6.45, 7) is 6.66. The normalized spacial score (nSPS) is 21.5. The summed E-state index contributed by atoms with van der Waals surface area (Å²) in [6.07, 6.45) is 3.19. The Kier molecular flexibility index (Phi) is 5.33. The lowest BCUT2D eigenvalue weighted by molar-refractivity contribution is 0.0744. The Labute approximate surface area is 149 Å². The number of nitrogens with zero attached hydrogens (tertiary/aromatic N) is 2. The highest BCUT2D eigenvalue weighted by atomic mass is 35.5. The molecule has 1 aromatic carbocycles. The Hall–Kier alpha value is -1.30. The fourth-order valence-electron chi connectivity index (χ4n) is 3.86. The van der Waals surface area contributed by atoms with Crippen molar-refractivity contribution in [3.8, 4) is 0 Å². The first-order chi connectivity index (χ1) is 11.5. The molecule has 5 nitrogen and oxygen atoms in total. The third-order valence-electron chi connectivity index (χ3n) is 5.47. The molecule has 6 heteroatoms. The van der Waals surface area contributed by atoms with Crippen LogP contribution in [0.4, 0.5) is 10.5 Å². The van der Waals surface area contributed by atoms with Crippen molar-refractivity contribution >= 4 is 23.3 Å². The van der Waals surface area contributed by atoms with Gasteiger partial charge in [-0.2, -0.15) is 0 Å². The minimum Gasteiger partial charge on any atom is -0.323 e. The van der Waals surface area contributed by atoms with Crippen LogP contribution in [0.2, 0.25) is 5.02 Å². The summed E-state index contributed by atoms with van der Waals surface area (Å²) in [5, 5.41) is 7.19. The number of nitrogens with one attached hydrogen (secondary N) is 2. The molecule has 2 aliphatic rings. The van der Waals surface area contributed by atoms with Crippen LogP contribution >= 0.6 is 11.6 Å². The third-order valence-corrected chi connectivity index (χ3v) is 5.70. The van der Waals surface area contributed by atoms with Crippen molar-refractivity contribution < 1.29 is 4.79 Å². The molecule has 2 amide bonds. The van der Waals surface area contributed by atoms with Crippen LogP contribution in [-0.2, 0) is 0 Å². The van der Waals surface area contributed by atoms with Crippen molar-refractivity contribution in [2.75, 3.05) is 45.1 Å². The van der Waals surface area contributed by atoms with E-state index in [4.69, 9.17) is 11.6 Å². The lowest BCUT2D eigenvalue weighted by Gasteiger charge is -2.45. The van der Waals surface area contributed by atoms with Crippen LogP contribution in [0, 0.1) is 6.92 Å². The molecule has 2 saturated heterocycles. The van der Waals surface area contributed by atoms with E-state index in [1.165, 1.54) is 0 Å². The van der Waals surface area contributed by atoms with E-state index in [-0.39, 0.29) is 11.6 Å². The van der Waals surface area contributed by atoms with Crippen molar-refractivity contribution in [3.05, 3.63) is 28.8 Å². The Morgan fingerprint density at radius 2 is 2.04 bits per heavy atom. The molecule has 0 aliphatic carbocycles. The van der Waals surface area contributed by atoms with Gasteiger partial charge in [-0.1, -0.05) is 11.6 Å². The van der Waals surface area contributed by atoms with Crippen molar-refractivity contribution in [1.29, 1.82) is 0 Å². The van der Waals surface area contributed by atoms with Crippen LogP contribution in [-0.4, -0.2) is 61.1 Å². The Morgan fingerprint density at radius 3 is 2.75 bits per heavy atom. The summed E-state index contributed by atoms with van der Waals surface area (Å²) in [5.74, 6) is 0. The van der Waals surface area contributed by atoms with Gasteiger partial charge in [0.1, 0.15) is 0 Å². The van der Waals surface area contributed by atoms with E-state index < -0.39 is 0 Å². The van der Waals surface area contributed by atoms with E-state index in [0.29, 0.717) is 5.02 Å². The van der Waals surface area contributed by atoms with Gasteiger partial charge in [-0.05, 0) is 70.1 Å². The molecule has 2 fully saturated rings. The van der Waals surface area contributed by atoms with Crippen molar-refractivity contribution in [2.45, 2.75) is 31.7 Å². The van der Waals surface area contributed by atoms with Crippen LogP contribution in [0.15, 0.2) is 18.2 Å². The zero-order valence-corrected chi connectivity index (χ0v) is 15.3. The highest BCUT2D eigenvalue weighted by molar-refractivity contribution is 6.30. The summed E-state index contributed by atoms with van der Waals surface area (Å²) in [4.78, 5) is 17.3. The van der Waals surface area contributed by atoms with Gasteiger partial charge in [0.2, 0.25) is 0 Å². The maximum Gasteiger partial charge on any atom is 0.321 e. The van der Waals surface area contributed by atoms with Gasteiger partial charge in [0.15, 0.2) is 0 Å². The first kappa shape index (κ1) is 17.5. The SMILES string of the molecule is Cc1cc(Cl)ccc1NC(=O)N1CCCN(C)C2(CCNCC2)C1. The van der Waals surface area contributed by atoms with E-state index in [0.717, 1.165) is 63.2 Å². The number of urea groups is 1. The Balaban J connectivity index is 1.73. The molecule has 2 aliphatic heterocycles. The quantitative estimate of drug-likeness (QED) is 0.818. The summed E-state index contributed by atoms with van der Waals surface area (Å²) in [5.41, 5.74) is 1.93. The van der Waals surface area contributed by atoms with Crippen LogP contribution in [0.25, 0.3) is 0 Å². The molecular formula is C18H27ClN4O. The number of piperidine rings is 1. The van der Waals surface area contributed by atoms with Gasteiger partial charge in [0.25, 0.3) is 0 Å². The second kappa shape index (κ2) is 7.30. The van der Waals surface area contributed by atoms with Gasteiger partial charge in [0, 0.05) is 35.9 Å². The molecule has 0 aromatic heterocycles. The summed E-state index contributed by atoms with van der Waals surface area (Å²) < 4.78 is 0. The second-order valence-corrected chi connectivity index (χ2v) is 7.50. The first-order valence-corrected chi connectivity index (χ1v) is 9.12. The zero-order valence-electron chi connectivity index (χ0n) is 14.6. The molecule has 132 valence electrons. The number of benzene rings is 1. The molecule has 0 radical (unpaired) electrons. The maximum atomic E-state index is 12.8. The minimum atomic E-state index is -0.00590. The average molecular weight is 351 g/mol. The molecule has 0 unspecified atom stereocenters. The predicted molar refractivity (Wildman–Crippen MR) is 98.9 cm³/mol. The average Bonchev–Trinajstić information content (AvgIpc) is 2.71. The van der Waals surface area contributed by atoms with E-state index in [2.05, 4.69) is 22.6 Å². The number of anilines is 1. The summed E-state index contributed by atoms with van der Waals surface area (Å²) in [7, 11) is 2.20. The van der Waals surface area contributed by atoms with Crippen LogP contribution < -0.4 is 10.6 Å². The van der Waals surface area contributed by atoms with Gasteiger partial charge in [-0.15, -0.1) is 0 Å². The molecule has 2 heterocycles. The molecule has 3 rings (SSSR count). The van der Waals surface area contributed by atoms with E-state index in [9.17, 15) is 4.79 Å². The van der Waals surface area contributed by atoms with Crippen molar-refractivity contribution in [2.24, 2.45) is 0 Å². The van der Waals surface area contributed by atoms with Crippen LogP contribution in [0.1, 0.15) is 24.8 Å². The monoisotopic (exact) mass is 350 g/mol. The number of hydrogen-bond donors (Lipinski definition) is 2. The number of carbonyl (C=O) groups is 1. The van der Waals surface area contributed by atoms with E-state index >= 15 is 0 Å².